The van der Waals surface area contributed by atoms with Crippen LogP contribution in [0.4, 0.5) is 0 Å². The molecule has 0 aromatic heterocycles. The second-order valence-corrected chi connectivity index (χ2v) is 4.43. The molecule has 0 spiro atoms. The Balaban J connectivity index is 0.00000144. The van der Waals surface area contributed by atoms with E-state index in [1.165, 1.54) is 0 Å². The molecule has 1 atom stereocenters. The molecule has 1 aromatic rings. The standard InChI is InChI=1S/C13H18N2O.ClH/c1-10-4-3-5-11(8-10)13(16)15(2)12-6-7-14-9-12;/h3-5,8,12,14H,6-7,9H2,1-2H3;1H/t12-;/m0./s1. The fraction of sp³-hybridized carbons (Fsp3) is 0.462. The van der Waals surface area contributed by atoms with Crippen molar-refractivity contribution in [3.8, 4) is 0 Å². The summed E-state index contributed by atoms with van der Waals surface area (Å²) in [7, 11) is 1.89. The molecule has 0 radical (unpaired) electrons. The maximum atomic E-state index is 12.2. The molecule has 0 bridgehead atoms. The molecule has 0 unspecified atom stereocenters. The maximum Gasteiger partial charge on any atom is 0.253 e. The Morgan fingerprint density at radius 1 is 1.47 bits per heavy atom. The van der Waals surface area contributed by atoms with Gasteiger partial charge in [-0.2, -0.15) is 0 Å². The molecule has 94 valence electrons. The van der Waals surface area contributed by atoms with Crippen molar-refractivity contribution in [2.45, 2.75) is 19.4 Å². The highest BCUT2D eigenvalue weighted by atomic mass is 35.5. The van der Waals surface area contributed by atoms with E-state index in [1.54, 1.807) is 0 Å². The SMILES string of the molecule is Cc1cccc(C(=O)N(C)[C@H]2CCNC2)c1.Cl. The zero-order valence-corrected chi connectivity index (χ0v) is 11.1. The van der Waals surface area contributed by atoms with Crippen molar-refractivity contribution in [2.24, 2.45) is 0 Å². The van der Waals surface area contributed by atoms with E-state index in [0.717, 1.165) is 30.6 Å². The second-order valence-electron chi connectivity index (χ2n) is 4.43. The number of carbonyl (C=O) groups is 1. The second kappa shape index (κ2) is 6.03. The summed E-state index contributed by atoms with van der Waals surface area (Å²) in [6.07, 6.45) is 1.05. The molecule has 0 saturated carbocycles. The number of benzene rings is 1. The van der Waals surface area contributed by atoms with Crippen molar-refractivity contribution in [3.63, 3.8) is 0 Å². The Bertz CT molecular complexity index is 389. The summed E-state index contributed by atoms with van der Waals surface area (Å²) < 4.78 is 0. The number of carbonyl (C=O) groups excluding carboxylic acids is 1. The summed E-state index contributed by atoms with van der Waals surface area (Å²) in [6, 6.07) is 8.11. The molecule has 1 heterocycles. The molecular formula is C13H19ClN2O. The molecule has 2 rings (SSSR count). The molecule has 1 N–H and O–H groups in total. The van der Waals surface area contributed by atoms with Crippen molar-refractivity contribution in [1.29, 1.82) is 0 Å². The number of halogens is 1. The third kappa shape index (κ3) is 3.20. The van der Waals surface area contributed by atoms with Gasteiger partial charge in [-0.15, -0.1) is 12.4 Å². The lowest BCUT2D eigenvalue weighted by Crippen LogP contribution is -2.38. The molecule has 1 saturated heterocycles. The maximum absolute atomic E-state index is 12.2. The minimum absolute atomic E-state index is 0. The van der Waals surface area contributed by atoms with Crippen LogP contribution in [-0.4, -0.2) is 37.0 Å². The highest BCUT2D eigenvalue weighted by Crippen LogP contribution is 2.12. The first-order chi connectivity index (χ1) is 7.68. The minimum atomic E-state index is 0. The lowest BCUT2D eigenvalue weighted by molar-refractivity contribution is 0.0743. The van der Waals surface area contributed by atoms with Gasteiger partial charge >= 0.3 is 0 Å². The van der Waals surface area contributed by atoms with Crippen molar-refractivity contribution in [2.75, 3.05) is 20.1 Å². The van der Waals surface area contributed by atoms with Crippen molar-refractivity contribution >= 4 is 18.3 Å². The van der Waals surface area contributed by atoms with Crippen LogP contribution in [0.25, 0.3) is 0 Å². The van der Waals surface area contributed by atoms with Gasteiger partial charge in [0.15, 0.2) is 0 Å². The predicted molar refractivity (Wildman–Crippen MR) is 71.8 cm³/mol. The molecular weight excluding hydrogens is 236 g/mol. The number of amides is 1. The Labute approximate surface area is 109 Å². The third-order valence-electron chi connectivity index (χ3n) is 3.17. The number of likely N-dealkylation sites (N-methyl/N-ethyl adjacent to an activating group) is 1. The monoisotopic (exact) mass is 254 g/mol. The first-order valence-electron chi connectivity index (χ1n) is 5.73. The van der Waals surface area contributed by atoms with Gasteiger partial charge in [0.05, 0.1) is 0 Å². The van der Waals surface area contributed by atoms with Crippen molar-refractivity contribution < 1.29 is 4.79 Å². The van der Waals surface area contributed by atoms with Crippen LogP contribution in [0.5, 0.6) is 0 Å². The first-order valence-corrected chi connectivity index (χ1v) is 5.73. The summed E-state index contributed by atoms with van der Waals surface area (Å²) in [5.41, 5.74) is 1.91. The first kappa shape index (κ1) is 14.0. The van der Waals surface area contributed by atoms with Gasteiger partial charge in [0, 0.05) is 25.2 Å². The highest BCUT2D eigenvalue weighted by Gasteiger charge is 2.23. The smallest absolute Gasteiger partial charge is 0.253 e. The Hall–Kier alpha value is -1.06. The van der Waals surface area contributed by atoms with E-state index < -0.39 is 0 Å². The van der Waals surface area contributed by atoms with Crippen LogP contribution in [0.3, 0.4) is 0 Å². The van der Waals surface area contributed by atoms with Crippen LogP contribution in [0.2, 0.25) is 0 Å². The molecule has 1 aliphatic heterocycles. The van der Waals surface area contributed by atoms with E-state index in [1.807, 2.05) is 43.1 Å². The number of hydrogen-bond acceptors (Lipinski definition) is 2. The summed E-state index contributed by atoms with van der Waals surface area (Å²) >= 11 is 0. The van der Waals surface area contributed by atoms with Gasteiger partial charge in [0.2, 0.25) is 0 Å². The van der Waals surface area contributed by atoms with E-state index in [0.29, 0.717) is 6.04 Å². The van der Waals surface area contributed by atoms with E-state index >= 15 is 0 Å². The normalized spacial score (nSPS) is 18.6. The Morgan fingerprint density at radius 3 is 2.82 bits per heavy atom. The van der Waals surface area contributed by atoms with Crippen LogP contribution >= 0.6 is 12.4 Å². The molecule has 1 aromatic carbocycles. The summed E-state index contributed by atoms with van der Waals surface area (Å²) in [5.74, 6) is 0.123. The molecule has 4 heteroatoms. The molecule has 1 aliphatic rings. The minimum Gasteiger partial charge on any atom is -0.337 e. The van der Waals surface area contributed by atoms with E-state index in [2.05, 4.69) is 5.32 Å². The fourth-order valence-electron chi connectivity index (χ4n) is 2.12. The average molecular weight is 255 g/mol. The van der Waals surface area contributed by atoms with Crippen LogP contribution < -0.4 is 5.32 Å². The number of nitrogens with one attached hydrogen (secondary N) is 1. The van der Waals surface area contributed by atoms with Crippen LogP contribution in [0.1, 0.15) is 22.3 Å². The third-order valence-corrected chi connectivity index (χ3v) is 3.17. The fourth-order valence-corrected chi connectivity index (χ4v) is 2.12. The average Bonchev–Trinajstić information content (AvgIpc) is 2.80. The van der Waals surface area contributed by atoms with Gasteiger partial charge in [-0.3, -0.25) is 4.79 Å². The molecule has 1 amide bonds. The lowest BCUT2D eigenvalue weighted by Gasteiger charge is -2.23. The summed E-state index contributed by atoms with van der Waals surface area (Å²) in [6.45, 7) is 3.93. The molecule has 1 fully saturated rings. The predicted octanol–water partition coefficient (Wildman–Crippen LogP) is 1.85. The van der Waals surface area contributed by atoms with Gasteiger partial charge in [-0.1, -0.05) is 17.7 Å². The van der Waals surface area contributed by atoms with Crippen molar-refractivity contribution in [1.82, 2.24) is 10.2 Å². The van der Waals surface area contributed by atoms with Crippen LogP contribution in [0.15, 0.2) is 24.3 Å². The number of aryl methyl sites for hydroxylation is 1. The van der Waals surface area contributed by atoms with Gasteiger partial charge in [-0.05, 0) is 32.0 Å². The zero-order valence-electron chi connectivity index (χ0n) is 10.3. The summed E-state index contributed by atoms with van der Waals surface area (Å²) in [5, 5.41) is 3.28. The zero-order chi connectivity index (χ0) is 11.5. The van der Waals surface area contributed by atoms with Crippen LogP contribution in [-0.2, 0) is 0 Å². The lowest BCUT2D eigenvalue weighted by atomic mass is 10.1. The molecule has 17 heavy (non-hydrogen) atoms. The highest BCUT2D eigenvalue weighted by molar-refractivity contribution is 5.94. The Morgan fingerprint density at radius 2 is 2.24 bits per heavy atom. The van der Waals surface area contributed by atoms with E-state index in [9.17, 15) is 4.79 Å². The van der Waals surface area contributed by atoms with Gasteiger partial charge < -0.3 is 10.2 Å². The quantitative estimate of drug-likeness (QED) is 0.874. The number of nitrogens with zero attached hydrogens (tertiary/aromatic N) is 1. The van der Waals surface area contributed by atoms with Gasteiger partial charge in [0.25, 0.3) is 5.91 Å². The van der Waals surface area contributed by atoms with Crippen molar-refractivity contribution in [3.05, 3.63) is 35.4 Å². The van der Waals surface area contributed by atoms with E-state index in [4.69, 9.17) is 0 Å². The van der Waals surface area contributed by atoms with E-state index in [-0.39, 0.29) is 18.3 Å². The van der Waals surface area contributed by atoms with Crippen LogP contribution in [0, 0.1) is 6.92 Å². The number of rotatable bonds is 2. The van der Waals surface area contributed by atoms with Gasteiger partial charge in [-0.25, -0.2) is 0 Å². The largest absolute Gasteiger partial charge is 0.337 e. The molecule has 3 nitrogen and oxygen atoms in total. The Kier molecular flexibility index (Phi) is 4.97. The number of hydrogen-bond donors (Lipinski definition) is 1. The summed E-state index contributed by atoms with van der Waals surface area (Å²) in [4.78, 5) is 14.0. The molecule has 0 aliphatic carbocycles. The van der Waals surface area contributed by atoms with Gasteiger partial charge in [0.1, 0.15) is 0 Å². The topological polar surface area (TPSA) is 32.3 Å².